The zero-order valence-electron chi connectivity index (χ0n) is 14.2. The predicted molar refractivity (Wildman–Crippen MR) is 99.7 cm³/mol. The van der Waals surface area contributed by atoms with Crippen LogP contribution < -0.4 is 10.4 Å². The Morgan fingerprint density at radius 2 is 2.07 bits per heavy atom. The number of aromatic nitrogens is 3. The van der Waals surface area contributed by atoms with Gasteiger partial charge in [0.2, 0.25) is 10.0 Å². The van der Waals surface area contributed by atoms with Crippen molar-refractivity contribution in [3.8, 4) is 10.7 Å². The number of hydrogen-bond donors (Lipinski definition) is 1. The van der Waals surface area contributed by atoms with E-state index in [0.717, 1.165) is 23.8 Å². The lowest BCUT2D eigenvalue weighted by molar-refractivity contribution is 0.546. The summed E-state index contributed by atoms with van der Waals surface area (Å²) in [6.07, 6.45) is 1.88. The van der Waals surface area contributed by atoms with Gasteiger partial charge < -0.3 is 0 Å². The number of nitrogens with zero attached hydrogens (tertiary/aromatic N) is 3. The molecule has 1 saturated carbocycles. The highest BCUT2D eigenvalue weighted by Gasteiger charge is 2.30. The van der Waals surface area contributed by atoms with Crippen molar-refractivity contribution in [2.45, 2.75) is 30.3 Å². The molecule has 1 aliphatic rings. The lowest BCUT2D eigenvalue weighted by atomic mass is 10.4. The number of nitrogens with one attached hydrogen (secondary N) is 1. The average molecular weight is 408 g/mol. The molecule has 0 atom stereocenters. The van der Waals surface area contributed by atoms with Gasteiger partial charge in [-0.05, 0) is 42.5 Å². The molecule has 2 aromatic heterocycles. The maximum atomic E-state index is 13.3. The first-order chi connectivity index (χ1) is 13.0. The molecule has 142 valence electrons. The highest BCUT2D eigenvalue weighted by Crippen LogP contribution is 2.37. The molecule has 3 aromatic rings. The van der Waals surface area contributed by atoms with Gasteiger partial charge in [0.05, 0.1) is 16.3 Å². The molecule has 1 aromatic carbocycles. The minimum atomic E-state index is -3.85. The fourth-order valence-electron chi connectivity index (χ4n) is 2.80. The number of sulfonamides is 1. The molecule has 0 aliphatic heterocycles. The Balaban J connectivity index is 1.52. The van der Waals surface area contributed by atoms with E-state index in [2.05, 4.69) is 9.82 Å². The van der Waals surface area contributed by atoms with Crippen molar-refractivity contribution in [2.24, 2.45) is 0 Å². The summed E-state index contributed by atoms with van der Waals surface area (Å²) in [7, 11) is -3.85. The summed E-state index contributed by atoms with van der Waals surface area (Å²) in [5.41, 5.74) is -0.245. The molecule has 10 heteroatoms. The molecule has 0 unspecified atom stereocenters. The predicted octanol–water partition coefficient (Wildman–Crippen LogP) is 2.23. The minimum Gasteiger partial charge on any atom is -0.271 e. The van der Waals surface area contributed by atoms with E-state index in [1.54, 1.807) is 4.57 Å². The normalized spacial score (nSPS) is 14.6. The number of thiophene rings is 1. The van der Waals surface area contributed by atoms with Crippen molar-refractivity contribution in [1.29, 1.82) is 0 Å². The van der Waals surface area contributed by atoms with E-state index < -0.39 is 15.8 Å². The summed E-state index contributed by atoms with van der Waals surface area (Å²) >= 11 is 1.50. The largest absolute Gasteiger partial charge is 0.346 e. The van der Waals surface area contributed by atoms with E-state index in [4.69, 9.17) is 0 Å². The Hall–Kier alpha value is -2.30. The monoisotopic (exact) mass is 408 g/mol. The van der Waals surface area contributed by atoms with Crippen LogP contribution in [0.4, 0.5) is 4.39 Å². The van der Waals surface area contributed by atoms with Gasteiger partial charge in [-0.1, -0.05) is 12.1 Å². The molecule has 27 heavy (non-hydrogen) atoms. The summed E-state index contributed by atoms with van der Waals surface area (Å²) < 4.78 is 43.1. The molecule has 0 radical (unpaired) electrons. The number of hydrogen-bond acceptors (Lipinski definition) is 5. The molecular weight excluding hydrogens is 391 g/mol. The smallest absolute Gasteiger partial charge is 0.271 e. The highest BCUT2D eigenvalue weighted by molar-refractivity contribution is 7.89. The van der Waals surface area contributed by atoms with Crippen molar-refractivity contribution in [1.82, 2.24) is 19.1 Å². The van der Waals surface area contributed by atoms with Crippen LogP contribution in [0.15, 0.2) is 51.5 Å². The quantitative estimate of drug-likeness (QED) is 0.650. The molecule has 7 nitrogen and oxygen atoms in total. The Morgan fingerprint density at radius 1 is 1.26 bits per heavy atom. The van der Waals surface area contributed by atoms with Crippen LogP contribution in [-0.4, -0.2) is 29.3 Å². The first-order valence-corrected chi connectivity index (χ1v) is 10.8. The topological polar surface area (TPSA) is 86.0 Å². The first kappa shape index (κ1) is 18.1. The molecule has 2 heterocycles. The van der Waals surface area contributed by atoms with Crippen LogP contribution in [0.5, 0.6) is 0 Å². The van der Waals surface area contributed by atoms with Crippen LogP contribution in [-0.2, 0) is 16.6 Å². The zero-order chi connectivity index (χ0) is 19.0. The maximum Gasteiger partial charge on any atom is 0.346 e. The van der Waals surface area contributed by atoms with E-state index in [1.807, 2.05) is 17.5 Å². The lowest BCUT2D eigenvalue weighted by Gasteiger charge is -2.06. The second kappa shape index (κ2) is 7.02. The van der Waals surface area contributed by atoms with Crippen LogP contribution >= 0.6 is 11.3 Å². The third kappa shape index (κ3) is 3.73. The van der Waals surface area contributed by atoms with Crippen molar-refractivity contribution < 1.29 is 12.8 Å². The third-order valence-corrected chi connectivity index (χ3v) is 6.57. The standard InChI is InChI=1S/C17H17FN4O3S2/c18-12-3-1-4-14(11-12)27(24,25)19-8-9-21-17(23)22(13-6-7-13)16(20-21)15-5-2-10-26-15/h1-5,10-11,13,19H,6-9H2. The van der Waals surface area contributed by atoms with E-state index in [1.165, 1.54) is 34.2 Å². The zero-order valence-corrected chi connectivity index (χ0v) is 15.8. The number of halogens is 1. The molecule has 0 bridgehead atoms. The van der Waals surface area contributed by atoms with E-state index in [0.29, 0.717) is 5.82 Å². The SMILES string of the molecule is O=c1n(CCNS(=O)(=O)c2cccc(F)c2)nc(-c2cccs2)n1C1CC1. The Bertz CT molecular complexity index is 1120. The van der Waals surface area contributed by atoms with Gasteiger partial charge in [0.15, 0.2) is 5.82 Å². The van der Waals surface area contributed by atoms with Gasteiger partial charge in [-0.15, -0.1) is 16.4 Å². The summed E-state index contributed by atoms with van der Waals surface area (Å²) in [6.45, 7) is 0.0653. The Morgan fingerprint density at radius 3 is 2.74 bits per heavy atom. The summed E-state index contributed by atoms with van der Waals surface area (Å²) in [5, 5.41) is 6.32. The van der Waals surface area contributed by atoms with Crippen molar-refractivity contribution in [3.05, 3.63) is 58.1 Å². The van der Waals surface area contributed by atoms with E-state index in [9.17, 15) is 17.6 Å². The second-order valence-electron chi connectivity index (χ2n) is 6.26. The highest BCUT2D eigenvalue weighted by atomic mass is 32.2. The molecule has 1 aliphatic carbocycles. The number of benzene rings is 1. The van der Waals surface area contributed by atoms with Gasteiger partial charge in [-0.25, -0.2) is 27.0 Å². The average Bonchev–Trinajstić information content (AvgIpc) is 3.21. The molecule has 4 rings (SSSR count). The van der Waals surface area contributed by atoms with Gasteiger partial charge in [0.25, 0.3) is 0 Å². The maximum absolute atomic E-state index is 13.3. The van der Waals surface area contributed by atoms with Crippen molar-refractivity contribution in [3.63, 3.8) is 0 Å². The molecule has 0 amide bonds. The van der Waals surface area contributed by atoms with E-state index >= 15 is 0 Å². The fraction of sp³-hybridized carbons (Fsp3) is 0.294. The van der Waals surface area contributed by atoms with Gasteiger partial charge in [-0.3, -0.25) is 4.57 Å². The molecule has 0 spiro atoms. The van der Waals surface area contributed by atoms with Crippen molar-refractivity contribution in [2.75, 3.05) is 6.54 Å². The van der Waals surface area contributed by atoms with Crippen LogP contribution in [0.25, 0.3) is 10.7 Å². The molecular formula is C17H17FN4O3S2. The Labute approximate surface area is 159 Å². The van der Waals surface area contributed by atoms with Crippen LogP contribution in [0.1, 0.15) is 18.9 Å². The number of rotatable bonds is 7. The summed E-state index contributed by atoms with van der Waals surface area (Å²) in [6, 6.07) is 8.73. The second-order valence-corrected chi connectivity index (χ2v) is 8.98. The summed E-state index contributed by atoms with van der Waals surface area (Å²) in [5.74, 6) is -0.0108. The van der Waals surface area contributed by atoms with Crippen molar-refractivity contribution >= 4 is 21.4 Å². The van der Waals surface area contributed by atoms with Gasteiger partial charge >= 0.3 is 5.69 Å². The fourth-order valence-corrected chi connectivity index (χ4v) is 4.56. The summed E-state index contributed by atoms with van der Waals surface area (Å²) in [4.78, 5) is 13.4. The van der Waals surface area contributed by atoms with Crippen LogP contribution in [0, 0.1) is 5.82 Å². The molecule has 1 N–H and O–H groups in total. The first-order valence-electron chi connectivity index (χ1n) is 8.44. The lowest BCUT2D eigenvalue weighted by Crippen LogP contribution is -2.32. The minimum absolute atomic E-state index is 0.0235. The Kier molecular flexibility index (Phi) is 4.70. The van der Waals surface area contributed by atoms with Crippen LogP contribution in [0.3, 0.4) is 0 Å². The van der Waals surface area contributed by atoms with Gasteiger partial charge in [0.1, 0.15) is 5.82 Å². The molecule has 0 saturated heterocycles. The van der Waals surface area contributed by atoms with Gasteiger partial charge in [-0.2, -0.15) is 0 Å². The van der Waals surface area contributed by atoms with E-state index in [-0.39, 0.29) is 29.7 Å². The third-order valence-electron chi connectivity index (χ3n) is 4.25. The molecule has 1 fully saturated rings. The van der Waals surface area contributed by atoms with Crippen LogP contribution in [0.2, 0.25) is 0 Å². The van der Waals surface area contributed by atoms with Gasteiger partial charge in [0, 0.05) is 12.6 Å².